The van der Waals surface area contributed by atoms with E-state index in [4.69, 9.17) is 5.84 Å². The van der Waals surface area contributed by atoms with Crippen molar-refractivity contribution in [2.24, 2.45) is 5.84 Å². The van der Waals surface area contributed by atoms with Crippen LogP contribution in [-0.2, 0) is 0 Å². The molecule has 2 heteroatoms. The highest BCUT2D eigenvalue weighted by Gasteiger charge is 2.16. The predicted octanol–water partition coefficient (Wildman–Crippen LogP) is 2.81. The molecule has 2 N–H and O–H groups in total. The molecule has 1 aliphatic rings. The number of hydrazine groups is 1. The van der Waals surface area contributed by atoms with Gasteiger partial charge in [0.25, 0.3) is 0 Å². The first-order chi connectivity index (χ1) is 8.36. The Morgan fingerprint density at radius 3 is 2.41 bits per heavy atom. The van der Waals surface area contributed by atoms with E-state index in [2.05, 4.69) is 48.5 Å². The average molecular weight is 222 g/mol. The van der Waals surface area contributed by atoms with Gasteiger partial charge in [-0.25, -0.2) is 5.84 Å². The molecule has 0 radical (unpaired) electrons. The molecule has 0 amide bonds. The Balaban J connectivity index is 2.14. The van der Waals surface area contributed by atoms with E-state index in [1.807, 2.05) is 12.1 Å². The zero-order valence-corrected chi connectivity index (χ0v) is 9.51. The van der Waals surface area contributed by atoms with Gasteiger partial charge in [0.05, 0.1) is 12.2 Å². The van der Waals surface area contributed by atoms with Crippen molar-refractivity contribution in [3.05, 3.63) is 71.8 Å². The highest BCUT2D eigenvalue weighted by atomic mass is 15.4. The highest BCUT2D eigenvalue weighted by Crippen LogP contribution is 2.33. The summed E-state index contributed by atoms with van der Waals surface area (Å²) < 4.78 is 0. The molecular weight excluding hydrogens is 208 g/mol. The van der Waals surface area contributed by atoms with Crippen molar-refractivity contribution in [2.75, 3.05) is 11.6 Å². The summed E-state index contributed by atoms with van der Waals surface area (Å²) in [6, 6.07) is 18.7. The third kappa shape index (κ3) is 1.73. The van der Waals surface area contributed by atoms with Gasteiger partial charge >= 0.3 is 0 Å². The normalized spacial score (nSPS) is 14.2. The van der Waals surface area contributed by atoms with E-state index in [9.17, 15) is 0 Å². The summed E-state index contributed by atoms with van der Waals surface area (Å²) in [5, 5.41) is 1.78. The Labute approximate surface area is 101 Å². The molecule has 0 aromatic heterocycles. The van der Waals surface area contributed by atoms with E-state index in [-0.39, 0.29) is 0 Å². The van der Waals surface area contributed by atoms with Gasteiger partial charge in [-0.2, -0.15) is 0 Å². The fourth-order valence-electron chi connectivity index (χ4n) is 2.24. The number of nitrogens with zero attached hydrogens (tertiary/aromatic N) is 1. The van der Waals surface area contributed by atoms with E-state index in [0.29, 0.717) is 0 Å². The number of hydrogen-bond donors (Lipinski definition) is 1. The maximum absolute atomic E-state index is 5.98. The summed E-state index contributed by atoms with van der Waals surface area (Å²) in [5.41, 5.74) is 4.80. The third-order valence-corrected chi connectivity index (χ3v) is 3.08. The Morgan fingerprint density at radius 2 is 1.59 bits per heavy atom. The summed E-state index contributed by atoms with van der Waals surface area (Å²) in [7, 11) is 0. The zero-order valence-electron chi connectivity index (χ0n) is 9.51. The maximum atomic E-state index is 5.98. The Hall–Kier alpha value is -2.06. The molecule has 2 nitrogen and oxygen atoms in total. The summed E-state index contributed by atoms with van der Waals surface area (Å²) in [5.74, 6) is 5.98. The lowest BCUT2D eigenvalue weighted by atomic mass is 9.94. The molecule has 1 aliphatic heterocycles. The van der Waals surface area contributed by atoms with Crippen LogP contribution in [-0.4, -0.2) is 6.54 Å². The van der Waals surface area contributed by atoms with Crippen molar-refractivity contribution in [3.63, 3.8) is 0 Å². The van der Waals surface area contributed by atoms with Crippen LogP contribution in [0.25, 0.3) is 5.57 Å². The lowest BCUT2D eigenvalue weighted by Gasteiger charge is -2.26. The van der Waals surface area contributed by atoms with Crippen molar-refractivity contribution in [1.29, 1.82) is 0 Å². The van der Waals surface area contributed by atoms with Gasteiger partial charge in [-0.3, -0.25) is 0 Å². The lowest BCUT2D eigenvalue weighted by molar-refractivity contribution is 0.927. The predicted molar refractivity (Wildman–Crippen MR) is 71.5 cm³/mol. The highest BCUT2D eigenvalue weighted by molar-refractivity contribution is 5.88. The lowest BCUT2D eigenvalue weighted by Crippen LogP contribution is -2.33. The minimum atomic E-state index is 0.751. The number of rotatable bonds is 1. The number of anilines is 1. The van der Waals surface area contributed by atoms with Crippen LogP contribution < -0.4 is 10.9 Å². The fraction of sp³-hybridized carbons (Fsp3) is 0.0667. The second-order valence-corrected chi connectivity index (χ2v) is 4.15. The number of nitrogens with two attached hydrogens (primary N) is 1. The third-order valence-electron chi connectivity index (χ3n) is 3.08. The van der Waals surface area contributed by atoms with Crippen LogP contribution in [0.15, 0.2) is 60.7 Å². The Bertz CT molecular complexity index is 558. The molecule has 17 heavy (non-hydrogen) atoms. The van der Waals surface area contributed by atoms with Gasteiger partial charge < -0.3 is 5.01 Å². The molecule has 2 aromatic rings. The van der Waals surface area contributed by atoms with E-state index < -0.39 is 0 Å². The molecule has 0 bridgehead atoms. The van der Waals surface area contributed by atoms with Gasteiger partial charge in [0, 0.05) is 5.56 Å². The van der Waals surface area contributed by atoms with Crippen LogP contribution in [0.4, 0.5) is 5.69 Å². The summed E-state index contributed by atoms with van der Waals surface area (Å²) in [6.07, 6.45) is 2.18. The van der Waals surface area contributed by atoms with E-state index in [1.54, 1.807) is 5.01 Å². The van der Waals surface area contributed by atoms with Crippen LogP contribution in [0.2, 0.25) is 0 Å². The average Bonchev–Trinajstić information content (AvgIpc) is 2.41. The number of fused-ring (bicyclic) bond motifs is 1. The van der Waals surface area contributed by atoms with Crippen molar-refractivity contribution < 1.29 is 0 Å². The molecule has 2 aromatic carbocycles. The van der Waals surface area contributed by atoms with Crippen LogP contribution in [0.5, 0.6) is 0 Å². The maximum Gasteiger partial charge on any atom is 0.0599 e. The van der Waals surface area contributed by atoms with Crippen molar-refractivity contribution in [1.82, 2.24) is 0 Å². The first kappa shape index (κ1) is 10.1. The van der Waals surface area contributed by atoms with Crippen LogP contribution in [0.3, 0.4) is 0 Å². The van der Waals surface area contributed by atoms with Gasteiger partial charge in [-0.15, -0.1) is 0 Å². The molecule has 0 saturated carbocycles. The van der Waals surface area contributed by atoms with Gasteiger partial charge in [0.2, 0.25) is 0 Å². The number of para-hydroxylation sites is 1. The minimum absolute atomic E-state index is 0.751. The second-order valence-electron chi connectivity index (χ2n) is 4.15. The van der Waals surface area contributed by atoms with E-state index >= 15 is 0 Å². The Kier molecular flexibility index (Phi) is 2.42. The minimum Gasteiger partial charge on any atom is -0.307 e. The van der Waals surface area contributed by atoms with E-state index in [1.165, 1.54) is 16.7 Å². The molecule has 1 heterocycles. The largest absolute Gasteiger partial charge is 0.307 e. The molecule has 0 unspecified atom stereocenters. The summed E-state index contributed by atoms with van der Waals surface area (Å²) in [6.45, 7) is 0.751. The molecule has 0 fully saturated rings. The van der Waals surface area contributed by atoms with Crippen molar-refractivity contribution >= 4 is 11.3 Å². The molecular formula is C15H14N2. The first-order valence-corrected chi connectivity index (χ1v) is 5.73. The van der Waals surface area contributed by atoms with Gasteiger partial charge in [0.1, 0.15) is 0 Å². The molecule has 3 rings (SSSR count). The monoisotopic (exact) mass is 222 g/mol. The van der Waals surface area contributed by atoms with Crippen LogP contribution in [0, 0.1) is 0 Å². The first-order valence-electron chi connectivity index (χ1n) is 5.73. The van der Waals surface area contributed by atoms with Gasteiger partial charge in [-0.1, -0.05) is 54.6 Å². The van der Waals surface area contributed by atoms with Gasteiger partial charge in [-0.05, 0) is 17.2 Å². The summed E-state index contributed by atoms with van der Waals surface area (Å²) >= 11 is 0. The molecule has 0 atom stereocenters. The Morgan fingerprint density at radius 1 is 0.882 bits per heavy atom. The summed E-state index contributed by atoms with van der Waals surface area (Å²) in [4.78, 5) is 0. The quantitative estimate of drug-likeness (QED) is 0.752. The molecule has 0 spiro atoms. The standard InChI is InChI=1S/C15H14N2/c16-17-11-10-13(12-6-2-1-3-7-12)14-8-4-5-9-15(14)17/h1-10H,11,16H2. The van der Waals surface area contributed by atoms with Gasteiger partial charge in [0.15, 0.2) is 0 Å². The second kappa shape index (κ2) is 4.07. The fourth-order valence-corrected chi connectivity index (χ4v) is 2.24. The number of hydrogen-bond acceptors (Lipinski definition) is 2. The topological polar surface area (TPSA) is 29.3 Å². The molecule has 0 aliphatic carbocycles. The SMILES string of the molecule is NN1CC=C(c2ccccc2)c2ccccc21. The number of benzene rings is 2. The molecule has 84 valence electrons. The zero-order chi connectivity index (χ0) is 11.7. The smallest absolute Gasteiger partial charge is 0.0599 e. The van der Waals surface area contributed by atoms with Crippen LogP contribution in [0.1, 0.15) is 11.1 Å². The van der Waals surface area contributed by atoms with Crippen molar-refractivity contribution in [3.8, 4) is 0 Å². The van der Waals surface area contributed by atoms with Crippen molar-refractivity contribution in [2.45, 2.75) is 0 Å². The van der Waals surface area contributed by atoms with Crippen LogP contribution >= 0.6 is 0 Å². The van der Waals surface area contributed by atoms with E-state index in [0.717, 1.165) is 12.2 Å². The molecule has 0 saturated heterocycles.